The van der Waals surface area contributed by atoms with Crippen LogP contribution in [0.4, 0.5) is 0 Å². The van der Waals surface area contributed by atoms with E-state index >= 15 is 0 Å². The summed E-state index contributed by atoms with van der Waals surface area (Å²) in [4.78, 5) is 0. The highest BCUT2D eigenvalue weighted by atomic mass is 35.5. The molecule has 0 radical (unpaired) electrons. The van der Waals surface area contributed by atoms with Crippen LogP contribution in [0.2, 0.25) is 10.0 Å². The largest absolute Gasteiger partial charge is 0.489 e. The molecule has 1 heterocycles. The molecule has 2 unspecified atom stereocenters. The van der Waals surface area contributed by atoms with Gasteiger partial charge in [0.15, 0.2) is 0 Å². The summed E-state index contributed by atoms with van der Waals surface area (Å²) in [7, 11) is 0. The number of nitrogens with one attached hydrogen (secondary N) is 1. The van der Waals surface area contributed by atoms with Crippen molar-refractivity contribution >= 4 is 23.2 Å². The molecule has 1 aromatic rings. The third kappa shape index (κ3) is 3.53. The number of benzene rings is 1. The van der Waals surface area contributed by atoms with Gasteiger partial charge in [0.2, 0.25) is 0 Å². The number of halogens is 2. The standard InChI is InChI=1S/C14H19Cl2NO/c1-2-3-13(10-6-7-17-9-10)18-14-5-4-11(15)8-12(14)16/h4-5,8,10,13,17H,2-3,6-7,9H2,1H3. The lowest BCUT2D eigenvalue weighted by Crippen LogP contribution is -2.28. The van der Waals surface area contributed by atoms with Crippen LogP contribution in [0, 0.1) is 5.92 Å². The van der Waals surface area contributed by atoms with Crippen molar-refractivity contribution in [1.29, 1.82) is 0 Å². The number of hydrogen-bond donors (Lipinski definition) is 1. The van der Waals surface area contributed by atoms with Crippen molar-refractivity contribution in [3.8, 4) is 5.75 Å². The second kappa shape index (κ2) is 6.65. The van der Waals surface area contributed by atoms with Crippen LogP contribution in [0.15, 0.2) is 18.2 Å². The van der Waals surface area contributed by atoms with E-state index in [0.29, 0.717) is 16.0 Å². The molecule has 0 saturated carbocycles. The Labute approximate surface area is 119 Å². The maximum Gasteiger partial charge on any atom is 0.138 e. The summed E-state index contributed by atoms with van der Waals surface area (Å²) in [5, 5.41) is 4.62. The van der Waals surface area contributed by atoms with Gasteiger partial charge in [-0.1, -0.05) is 36.5 Å². The lowest BCUT2D eigenvalue weighted by Gasteiger charge is -2.24. The third-order valence-corrected chi connectivity index (χ3v) is 3.90. The fourth-order valence-corrected chi connectivity index (χ4v) is 2.86. The molecule has 1 fully saturated rings. The summed E-state index contributed by atoms with van der Waals surface area (Å²) in [6.45, 7) is 4.31. The monoisotopic (exact) mass is 287 g/mol. The zero-order valence-electron chi connectivity index (χ0n) is 10.6. The molecule has 1 saturated heterocycles. The number of rotatable bonds is 5. The Balaban J connectivity index is 2.07. The van der Waals surface area contributed by atoms with Gasteiger partial charge in [0, 0.05) is 17.5 Å². The van der Waals surface area contributed by atoms with Gasteiger partial charge in [-0.2, -0.15) is 0 Å². The molecule has 2 atom stereocenters. The van der Waals surface area contributed by atoms with Crippen molar-refractivity contribution in [3.63, 3.8) is 0 Å². The molecule has 2 nitrogen and oxygen atoms in total. The first-order chi connectivity index (χ1) is 8.70. The molecule has 1 aliphatic rings. The molecule has 100 valence electrons. The zero-order valence-corrected chi connectivity index (χ0v) is 12.1. The summed E-state index contributed by atoms with van der Waals surface area (Å²) in [6, 6.07) is 5.41. The average Bonchev–Trinajstić information content (AvgIpc) is 2.85. The Morgan fingerprint density at radius 1 is 1.44 bits per heavy atom. The van der Waals surface area contributed by atoms with Crippen molar-refractivity contribution in [3.05, 3.63) is 28.2 Å². The lowest BCUT2D eigenvalue weighted by molar-refractivity contribution is 0.132. The van der Waals surface area contributed by atoms with E-state index < -0.39 is 0 Å². The minimum atomic E-state index is 0.240. The van der Waals surface area contributed by atoms with E-state index in [-0.39, 0.29) is 6.10 Å². The average molecular weight is 288 g/mol. The van der Waals surface area contributed by atoms with E-state index in [2.05, 4.69) is 12.2 Å². The van der Waals surface area contributed by atoms with Gasteiger partial charge in [0.1, 0.15) is 11.9 Å². The van der Waals surface area contributed by atoms with Crippen LogP contribution in [-0.4, -0.2) is 19.2 Å². The minimum Gasteiger partial charge on any atom is -0.489 e. The second-order valence-corrected chi connectivity index (χ2v) is 5.62. The van der Waals surface area contributed by atoms with Crippen molar-refractivity contribution in [1.82, 2.24) is 5.32 Å². The van der Waals surface area contributed by atoms with Crippen LogP contribution in [0.3, 0.4) is 0 Å². The highest BCUT2D eigenvalue weighted by Gasteiger charge is 2.26. The van der Waals surface area contributed by atoms with Crippen LogP contribution in [-0.2, 0) is 0 Å². The third-order valence-electron chi connectivity index (χ3n) is 3.37. The molecule has 0 aromatic heterocycles. The van der Waals surface area contributed by atoms with Crippen LogP contribution in [0.5, 0.6) is 5.75 Å². The molecular weight excluding hydrogens is 269 g/mol. The lowest BCUT2D eigenvalue weighted by atomic mass is 9.97. The Morgan fingerprint density at radius 2 is 2.28 bits per heavy atom. The zero-order chi connectivity index (χ0) is 13.0. The molecule has 1 aliphatic heterocycles. The second-order valence-electron chi connectivity index (χ2n) is 4.77. The number of ether oxygens (including phenoxy) is 1. The smallest absolute Gasteiger partial charge is 0.138 e. The Bertz CT molecular complexity index is 391. The van der Waals surface area contributed by atoms with E-state index in [0.717, 1.165) is 31.7 Å². The molecule has 0 aliphatic carbocycles. The molecule has 4 heteroatoms. The first-order valence-electron chi connectivity index (χ1n) is 6.53. The van der Waals surface area contributed by atoms with Gasteiger partial charge < -0.3 is 10.1 Å². The topological polar surface area (TPSA) is 21.3 Å². The van der Waals surface area contributed by atoms with E-state index in [1.807, 2.05) is 12.1 Å². The van der Waals surface area contributed by atoms with E-state index in [1.54, 1.807) is 6.07 Å². The first-order valence-corrected chi connectivity index (χ1v) is 7.28. The van der Waals surface area contributed by atoms with Gasteiger partial charge in [0.05, 0.1) is 5.02 Å². The molecular formula is C14H19Cl2NO. The fraction of sp³-hybridized carbons (Fsp3) is 0.571. The number of hydrogen-bond acceptors (Lipinski definition) is 2. The normalized spacial score (nSPS) is 20.9. The molecule has 2 rings (SSSR count). The summed E-state index contributed by atoms with van der Waals surface area (Å²) < 4.78 is 6.09. The Kier molecular flexibility index (Phi) is 5.16. The molecule has 0 amide bonds. The maximum absolute atomic E-state index is 6.16. The van der Waals surface area contributed by atoms with E-state index in [4.69, 9.17) is 27.9 Å². The highest BCUT2D eigenvalue weighted by molar-refractivity contribution is 6.35. The van der Waals surface area contributed by atoms with Gasteiger partial charge in [-0.3, -0.25) is 0 Å². The predicted molar refractivity (Wildman–Crippen MR) is 76.8 cm³/mol. The van der Waals surface area contributed by atoms with Crippen LogP contribution < -0.4 is 10.1 Å². The predicted octanol–water partition coefficient (Wildman–Crippen LogP) is 4.15. The van der Waals surface area contributed by atoms with Crippen LogP contribution >= 0.6 is 23.2 Å². The molecule has 1 N–H and O–H groups in total. The van der Waals surface area contributed by atoms with Crippen molar-refractivity contribution in [2.75, 3.05) is 13.1 Å². The van der Waals surface area contributed by atoms with E-state index in [1.165, 1.54) is 6.42 Å². The summed E-state index contributed by atoms with van der Waals surface area (Å²) in [5.41, 5.74) is 0. The summed E-state index contributed by atoms with van der Waals surface area (Å²) >= 11 is 12.0. The van der Waals surface area contributed by atoms with E-state index in [9.17, 15) is 0 Å². The van der Waals surface area contributed by atoms with Crippen molar-refractivity contribution in [2.24, 2.45) is 5.92 Å². The van der Waals surface area contributed by atoms with Crippen LogP contribution in [0.1, 0.15) is 26.2 Å². The van der Waals surface area contributed by atoms with Gasteiger partial charge >= 0.3 is 0 Å². The summed E-state index contributed by atoms with van der Waals surface area (Å²) in [5.74, 6) is 1.32. The summed E-state index contributed by atoms with van der Waals surface area (Å²) in [6.07, 6.45) is 3.59. The van der Waals surface area contributed by atoms with Gasteiger partial charge in [-0.05, 0) is 37.6 Å². The molecule has 0 bridgehead atoms. The Hall–Kier alpha value is -0.440. The fourth-order valence-electron chi connectivity index (χ4n) is 2.40. The van der Waals surface area contributed by atoms with Crippen LogP contribution in [0.25, 0.3) is 0 Å². The van der Waals surface area contributed by atoms with Crippen molar-refractivity contribution < 1.29 is 4.74 Å². The Morgan fingerprint density at radius 3 is 2.89 bits per heavy atom. The maximum atomic E-state index is 6.16. The molecule has 0 spiro atoms. The van der Waals surface area contributed by atoms with Gasteiger partial charge in [-0.25, -0.2) is 0 Å². The minimum absolute atomic E-state index is 0.240. The molecule has 1 aromatic carbocycles. The highest BCUT2D eigenvalue weighted by Crippen LogP contribution is 2.31. The SMILES string of the molecule is CCCC(Oc1ccc(Cl)cc1Cl)C1CCNC1. The first kappa shape index (κ1) is 14.0. The molecule has 18 heavy (non-hydrogen) atoms. The van der Waals surface area contributed by atoms with Gasteiger partial charge in [-0.15, -0.1) is 0 Å². The quantitative estimate of drug-likeness (QED) is 0.878. The van der Waals surface area contributed by atoms with Gasteiger partial charge in [0.25, 0.3) is 0 Å². The van der Waals surface area contributed by atoms with Crippen molar-refractivity contribution in [2.45, 2.75) is 32.3 Å².